The Morgan fingerprint density at radius 2 is 2.15 bits per heavy atom. The van der Waals surface area contributed by atoms with Crippen LogP contribution in [0.15, 0.2) is 58.2 Å². The average Bonchev–Trinajstić information content (AvgIpc) is 3.44. The number of furan rings is 1. The highest BCUT2D eigenvalue weighted by atomic mass is 32.1. The van der Waals surface area contributed by atoms with Gasteiger partial charge in [-0.1, -0.05) is 11.3 Å². The lowest BCUT2D eigenvalue weighted by Crippen LogP contribution is -2.46. The Hall–Kier alpha value is -2.48. The van der Waals surface area contributed by atoms with Crippen LogP contribution in [0.1, 0.15) is 17.3 Å². The summed E-state index contributed by atoms with van der Waals surface area (Å²) in [6.45, 7) is 3.89. The van der Waals surface area contributed by atoms with Gasteiger partial charge in [0.25, 0.3) is 0 Å². The molecule has 4 aromatic heterocycles. The van der Waals surface area contributed by atoms with Gasteiger partial charge in [-0.3, -0.25) is 9.80 Å². The highest BCUT2D eigenvalue weighted by Crippen LogP contribution is 2.28. The first-order valence-electron chi connectivity index (χ1n) is 9.09. The Kier molecular flexibility index (Phi) is 4.27. The number of fused-ring (bicyclic) bond motifs is 1. The van der Waals surface area contributed by atoms with Gasteiger partial charge in [-0.05, 0) is 41.6 Å². The lowest BCUT2D eigenvalue weighted by atomic mass is 10.1. The van der Waals surface area contributed by atoms with Crippen LogP contribution in [0.25, 0.3) is 16.6 Å². The molecule has 1 aliphatic rings. The van der Waals surface area contributed by atoms with Crippen LogP contribution in [0.3, 0.4) is 0 Å². The van der Waals surface area contributed by atoms with Crippen molar-refractivity contribution < 1.29 is 4.42 Å². The second-order valence-electron chi connectivity index (χ2n) is 7.10. The Morgan fingerprint density at radius 1 is 1.19 bits per heavy atom. The van der Waals surface area contributed by atoms with Gasteiger partial charge < -0.3 is 4.42 Å². The van der Waals surface area contributed by atoms with E-state index in [1.54, 1.807) is 17.6 Å². The molecule has 1 saturated heterocycles. The molecule has 5 heterocycles. The minimum absolute atomic E-state index is 0.232. The van der Waals surface area contributed by atoms with Crippen molar-refractivity contribution in [3.63, 3.8) is 0 Å². The summed E-state index contributed by atoms with van der Waals surface area (Å²) < 4.78 is 7.12. The molecule has 0 aliphatic carbocycles. The molecule has 0 amide bonds. The molecule has 0 aromatic carbocycles. The van der Waals surface area contributed by atoms with E-state index in [2.05, 4.69) is 62.3 Å². The first kappa shape index (κ1) is 16.7. The molecular formula is C20H21N5OS. The van der Waals surface area contributed by atoms with E-state index >= 15 is 0 Å². The van der Waals surface area contributed by atoms with Gasteiger partial charge in [0.1, 0.15) is 5.69 Å². The maximum atomic E-state index is 5.21. The van der Waals surface area contributed by atoms with Crippen LogP contribution in [0.4, 0.5) is 0 Å². The Labute approximate surface area is 161 Å². The fourth-order valence-electron chi connectivity index (χ4n) is 3.76. The van der Waals surface area contributed by atoms with E-state index in [1.165, 1.54) is 16.7 Å². The number of rotatable bonds is 4. The average molecular weight is 379 g/mol. The summed E-state index contributed by atoms with van der Waals surface area (Å²) in [5.74, 6) is 0. The van der Waals surface area contributed by atoms with Gasteiger partial charge in [-0.15, -0.1) is 5.10 Å². The van der Waals surface area contributed by atoms with E-state index in [1.807, 2.05) is 16.8 Å². The molecule has 27 heavy (non-hydrogen) atoms. The zero-order valence-corrected chi connectivity index (χ0v) is 16.0. The summed E-state index contributed by atoms with van der Waals surface area (Å²) in [4.78, 5) is 4.84. The third-order valence-electron chi connectivity index (χ3n) is 5.33. The van der Waals surface area contributed by atoms with Crippen LogP contribution >= 0.6 is 11.3 Å². The van der Waals surface area contributed by atoms with Crippen molar-refractivity contribution in [1.82, 2.24) is 24.6 Å². The molecule has 1 aliphatic heterocycles. The van der Waals surface area contributed by atoms with Crippen molar-refractivity contribution in [1.29, 1.82) is 0 Å². The summed E-state index contributed by atoms with van der Waals surface area (Å²) in [5, 5.41) is 13.2. The standard InChI is InChI=1S/C20H21N5OS/c1-23-6-7-24(10-15-4-8-26-13-15)12-19(23)20-18-3-2-16(11-25(18)22-21-20)17-5-9-27-14-17/h2-5,8-9,11,13-14,19H,6-7,10,12H2,1H3. The molecule has 7 heteroatoms. The Balaban J connectivity index is 1.43. The number of hydrogen-bond donors (Lipinski definition) is 0. The van der Waals surface area contributed by atoms with Crippen molar-refractivity contribution in [2.24, 2.45) is 0 Å². The Morgan fingerprint density at radius 3 is 2.96 bits per heavy atom. The minimum Gasteiger partial charge on any atom is -0.472 e. The van der Waals surface area contributed by atoms with Gasteiger partial charge in [0.15, 0.2) is 0 Å². The highest BCUT2D eigenvalue weighted by Gasteiger charge is 2.29. The molecule has 0 bridgehead atoms. The lowest BCUT2D eigenvalue weighted by Gasteiger charge is -2.38. The maximum absolute atomic E-state index is 5.21. The number of likely N-dealkylation sites (N-methyl/N-ethyl adjacent to an activating group) is 1. The van der Waals surface area contributed by atoms with Crippen molar-refractivity contribution in [3.8, 4) is 11.1 Å². The topological polar surface area (TPSA) is 49.8 Å². The number of hydrogen-bond acceptors (Lipinski definition) is 6. The number of thiophene rings is 1. The van der Waals surface area contributed by atoms with E-state index in [9.17, 15) is 0 Å². The summed E-state index contributed by atoms with van der Waals surface area (Å²) in [7, 11) is 2.17. The van der Waals surface area contributed by atoms with E-state index < -0.39 is 0 Å². The van der Waals surface area contributed by atoms with Crippen LogP contribution in [-0.2, 0) is 6.54 Å². The van der Waals surface area contributed by atoms with Crippen LogP contribution in [0.2, 0.25) is 0 Å². The monoisotopic (exact) mass is 379 g/mol. The van der Waals surface area contributed by atoms with Gasteiger partial charge in [0.2, 0.25) is 0 Å². The van der Waals surface area contributed by atoms with Crippen molar-refractivity contribution in [2.75, 3.05) is 26.7 Å². The fourth-order valence-corrected chi connectivity index (χ4v) is 4.43. The molecular weight excluding hydrogens is 358 g/mol. The highest BCUT2D eigenvalue weighted by molar-refractivity contribution is 7.08. The van der Waals surface area contributed by atoms with Gasteiger partial charge in [-0.2, -0.15) is 11.3 Å². The number of piperazine rings is 1. The quantitative estimate of drug-likeness (QED) is 0.543. The second-order valence-corrected chi connectivity index (χ2v) is 7.88. The number of pyridine rings is 1. The van der Waals surface area contributed by atoms with Gasteiger partial charge in [-0.25, -0.2) is 4.52 Å². The molecule has 1 fully saturated rings. The predicted molar refractivity (Wildman–Crippen MR) is 106 cm³/mol. The summed E-state index contributed by atoms with van der Waals surface area (Å²) >= 11 is 1.71. The molecule has 6 nitrogen and oxygen atoms in total. The van der Waals surface area contributed by atoms with E-state index in [-0.39, 0.29) is 6.04 Å². The molecule has 0 N–H and O–H groups in total. The normalized spacial score (nSPS) is 19.1. The third kappa shape index (κ3) is 3.18. The largest absolute Gasteiger partial charge is 0.472 e. The van der Waals surface area contributed by atoms with Crippen LogP contribution in [-0.4, -0.2) is 51.3 Å². The van der Waals surface area contributed by atoms with E-state index in [4.69, 9.17) is 4.42 Å². The number of aromatic nitrogens is 3. The van der Waals surface area contributed by atoms with Crippen molar-refractivity contribution >= 4 is 16.9 Å². The summed E-state index contributed by atoms with van der Waals surface area (Å²) in [6, 6.07) is 8.70. The smallest absolute Gasteiger partial charge is 0.109 e. The Bertz CT molecular complexity index is 1020. The van der Waals surface area contributed by atoms with E-state index in [0.717, 1.165) is 37.4 Å². The molecule has 4 aromatic rings. The number of nitrogens with zero attached hydrogens (tertiary/aromatic N) is 5. The van der Waals surface area contributed by atoms with Gasteiger partial charge in [0, 0.05) is 43.5 Å². The van der Waals surface area contributed by atoms with E-state index in [0.29, 0.717) is 0 Å². The molecule has 138 valence electrons. The van der Waals surface area contributed by atoms with Crippen molar-refractivity contribution in [3.05, 3.63) is 65.0 Å². The zero-order chi connectivity index (χ0) is 18.2. The molecule has 5 rings (SSSR count). The maximum Gasteiger partial charge on any atom is 0.109 e. The first-order valence-corrected chi connectivity index (χ1v) is 10.0. The molecule has 1 atom stereocenters. The first-order chi connectivity index (χ1) is 13.3. The molecule has 0 saturated carbocycles. The van der Waals surface area contributed by atoms with Gasteiger partial charge >= 0.3 is 0 Å². The van der Waals surface area contributed by atoms with Crippen LogP contribution < -0.4 is 0 Å². The predicted octanol–water partition coefficient (Wildman–Crippen LogP) is 3.54. The fraction of sp³-hybridized carbons (Fsp3) is 0.300. The van der Waals surface area contributed by atoms with Crippen LogP contribution in [0, 0.1) is 0 Å². The third-order valence-corrected chi connectivity index (χ3v) is 6.01. The van der Waals surface area contributed by atoms with Gasteiger partial charge in [0.05, 0.1) is 24.1 Å². The summed E-state index contributed by atoms with van der Waals surface area (Å²) in [5.41, 5.74) is 5.73. The SMILES string of the molecule is CN1CCN(Cc2ccoc2)CC1c1nnn2cc(-c3ccsc3)ccc12. The van der Waals surface area contributed by atoms with Crippen LogP contribution in [0.5, 0.6) is 0 Å². The molecule has 0 radical (unpaired) electrons. The zero-order valence-electron chi connectivity index (χ0n) is 15.2. The summed E-state index contributed by atoms with van der Waals surface area (Å²) in [6.07, 6.45) is 5.63. The minimum atomic E-state index is 0.232. The second kappa shape index (κ2) is 6.92. The molecule has 0 spiro atoms. The molecule has 1 unspecified atom stereocenters. The van der Waals surface area contributed by atoms with Crippen molar-refractivity contribution in [2.45, 2.75) is 12.6 Å². The lowest BCUT2D eigenvalue weighted by molar-refractivity contribution is 0.0888.